The summed E-state index contributed by atoms with van der Waals surface area (Å²) in [6.07, 6.45) is 0. The van der Waals surface area contributed by atoms with Crippen LogP contribution in [0.1, 0.15) is 17.3 Å². The smallest absolute Gasteiger partial charge is 0.339 e. The second kappa shape index (κ2) is 10.0. The molecule has 174 valence electrons. The first-order valence-electron chi connectivity index (χ1n) is 10.7. The van der Waals surface area contributed by atoms with Crippen molar-refractivity contribution >= 4 is 28.9 Å². The average molecular weight is 461 g/mol. The van der Waals surface area contributed by atoms with E-state index in [1.165, 1.54) is 0 Å². The molecular formula is C25H23N3O6. The Labute approximate surface area is 195 Å². The first-order chi connectivity index (χ1) is 16.5. The number of amides is 2. The van der Waals surface area contributed by atoms with E-state index in [1.54, 1.807) is 26.2 Å². The Kier molecular flexibility index (Phi) is 6.72. The van der Waals surface area contributed by atoms with Gasteiger partial charge in [0.1, 0.15) is 12.4 Å². The van der Waals surface area contributed by atoms with Crippen LogP contribution >= 0.6 is 0 Å². The number of urea groups is 1. The lowest BCUT2D eigenvalue weighted by molar-refractivity contribution is -0.138. The number of carbonyl (C=O) groups is 3. The van der Waals surface area contributed by atoms with Crippen LogP contribution in [0.5, 0.6) is 5.75 Å². The van der Waals surface area contributed by atoms with Gasteiger partial charge in [-0.25, -0.2) is 19.4 Å². The minimum atomic E-state index is -0.614. The van der Waals surface area contributed by atoms with Crippen LogP contribution in [0.15, 0.2) is 65.9 Å². The molecule has 0 bridgehead atoms. The molecule has 9 nitrogen and oxygen atoms in total. The third kappa shape index (κ3) is 4.83. The fourth-order valence-electron chi connectivity index (χ4n) is 3.54. The number of hydrogen-bond acceptors (Lipinski definition) is 7. The second-order valence-corrected chi connectivity index (χ2v) is 7.36. The van der Waals surface area contributed by atoms with Gasteiger partial charge >= 0.3 is 18.0 Å². The molecule has 2 amide bonds. The molecule has 0 radical (unpaired) electrons. The predicted molar refractivity (Wildman–Crippen MR) is 124 cm³/mol. The number of nitrogens with zero attached hydrogens (tertiary/aromatic N) is 1. The summed E-state index contributed by atoms with van der Waals surface area (Å²) < 4.78 is 15.8. The number of para-hydroxylation sites is 1. The third-order valence-electron chi connectivity index (χ3n) is 5.25. The van der Waals surface area contributed by atoms with Crippen molar-refractivity contribution in [3.63, 3.8) is 0 Å². The highest BCUT2D eigenvalue weighted by Crippen LogP contribution is 2.27. The highest BCUT2D eigenvalue weighted by Gasteiger charge is 2.25. The average Bonchev–Trinajstić information content (AvgIpc) is 2.86. The van der Waals surface area contributed by atoms with Gasteiger partial charge < -0.3 is 24.8 Å². The first kappa shape index (κ1) is 22.8. The maximum Gasteiger partial charge on any atom is 0.339 e. The quantitative estimate of drug-likeness (QED) is 0.519. The van der Waals surface area contributed by atoms with Gasteiger partial charge in [0, 0.05) is 10.9 Å². The van der Waals surface area contributed by atoms with Gasteiger partial charge in [0.2, 0.25) is 0 Å². The molecule has 2 heterocycles. The van der Waals surface area contributed by atoms with Gasteiger partial charge in [-0.2, -0.15) is 0 Å². The van der Waals surface area contributed by atoms with Gasteiger partial charge in [-0.3, -0.25) is 0 Å². The van der Waals surface area contributed by atoms with Crippen LogP contribution in [-0.4, -0.2) is 49.8 Å². The van der Waals surface area contributed by atoms with E-state index in [0.717, 1.165) is 5.56 Å². The Bertz CT molecular complexity index is 1280. The Balaban J connectivity index is 1.65. The summed E-state index contributed by atoms with van der Waals surface area (Å²) in [6, 6.07) is 15.7. The van der Waals surface area contributed by atoms with Crippen LogP contribution in [0.3, 0.4) is 0 Å². The fourth-order valence-corrected chi connectivity index (χ4v) is 3.54. The molecule has 9 heteroatoms. The number of methoxy groups -OCH3 is 1. The lowest BCUT2D eigenvalue weighted by Gasteiger charge is -2.21. The molecule has 2 N–H and O–H groups in total. The van der Waals surface area contributed by atoms with Gasteiger partial charge in [-0.05, 0) is 43.3 Å². The lowest BCUT2D eigenvalue weighted by Crippen LogP contribution is -2.45. The van der Waals surface area contributed by atoms with Crippen molar-refractivity contribution in [1.29, 1.82) is 0 Å². The number of ether oxygens (including phenoxy) is 3. The standard InChI is InChI=1S/C25H23N3O6/c1-3-33-24(30)19-13-26-25(31)28-22(19)14-34-23(29)18-12-21(15-8-10-16(32-2)11-9-15)27-20-7-5-4-6-17(18)20/h4-12H,3,13-14H2,1-2H3,(H2,26,28,31). The Morgan fingerprint density at radius 1 is 1.03 bits per heavy atom. The molecular weight excluding hydrogens is 438 g/mol. The summed E-state index contributed by atoms with van der Waals surface area (Å²) in [6.45, 7) is 1.55. The van der Waals surface area contributed by atoms with Crippen molar-refractivity contribution in [2.75, 3.05) is 26.9 Å². The fraction of sp³-hybridized carbons (Fsp3) is 0.200. The van der Waals surface area contributed by atoms with Gasteiger partial charge in [-0.1, -0.05) is 18.2 Å². The number of fused-ring (bicyclic) bond motifs is 1. The second-order valence-electron chi connectivity index (χ2n) is 7.36. The Hall–Kier alpha value is -4.40. The minimum absolute atomic E-state index is 0.0165. The molecule has 4 rings (SSSR count). The van der Waals surface area contributed by atoms with Gasteiger partial charge in [0.05, 0.1) is 48.3 Å². The Morgan fingerprint density at radius 3 is 2.53 bits per heavy atom. The normalized spacial score (nSPS) is 13.2. The zero-order valence-corrected chi connectivity index (χ0v) is 18.7. The molecule has 3 aromatic rings. The van der Waals surface area contributed by atoms with Crippen molar-refractivity contribution in [2.45, 2.75) is 6.92 Å². The zero-order valence-electron chi connectivity index (χ0n) is 18.7. The largest absolute Gasteiger partial charge is 0.497 e. The molecule has 0 saturated heterocycles. The maximum absolute atomic E-state index is 13.1. The van der Waals surface area contributed by atoms with Crippen molar-refractivity contribution in [3.05, 3.63) is 71.4 Å². The number of hydrogen-bond donors (Lipinski definition) is 2. The van der Waals surface area contributed by atoms with Crippen LogP contribution in [-0.2, 0) is 14.3 Å². The number of esters is 2. The van der Waals surface area contributed by atoms with Crippen molar-refractivity contribution in [3.8, 4) is 17.0 Å². The van der Waals surface area contributed by atoms with Crippen molar-refractivity contribution in [1.82, 2.24) is 15.6 Å². The molecule has 0 saturated carbocycles. The Morgan fingerprint density at radius 2 is 1.79 bits per heavy atom. The topological polar surface area (TPSA) is 116 Å². The van der Waals surface area contributed by atoms with Crippen LogP contribution in [0.2, 0.25) is 0 Å². The van der Waals surface area contributed by atoms with Gasteiger partial charge in [-0.15, -0.1) is 0 Å². The molecule has 0 atom stereocenters. The SMILES string of the molecule is CCOC(=O)C1=C(COC(=O)c2cc(-c3ccc(OC)cc3)nc3ccccc23)NC(=O)NC1. The highest BCUT2D eigenvalue weighted by molar-refractivity contribution is 6.04. The van der Waals surface area contributed by atoms with E-state index in [4.69, 9.17) is 14.2 Å². The van der Waals surface area contributed by atoms with Crippen LogP contribution in [0.25, 0.3) is 22.2 Å². The summed E-state index contributed by atoms with van der Waals surface area (Å²) in [5.41, 5.74) is 2.73. The number of nitrogens with one attached hydrogen (secondary N) is 2. The van der Waals surface area contributed by atoms with Crippen LogP contribution in [0.4, 0.5) is 4.79 Å². The number of benzene rings is 2. The van der Waals surface area contributed by atoms with Gasteiger partial charge in [0.25, 0.3) is 0 Å². The minimum Gasteiger partial charge on any atom is -0.497 e. The number of aromatic nitrogens is 1. The van der Waals surface area contributed by atoms with E-state index < -0.39 is 18.0 Å². The van der Waals surface area contributed by atoms with Gasteiger partial charge in [0.15, 0.2) is 0 Å². The summed E-state index contributed by atoms with van der Waals surface area (Å²) in [4.78, 5) is 41.8. The molecule has 0 unspecified atom stereocenters. The highest BCUT2D eigenvalue weighted by atomic mass is 16.5. The summed E-state index contributed by atoms with van der Waals surface area (Å²) in [5.74, 6) is -0.493. The van der Waals surface area contributed by atoms with Crippen molar-refractivity contribution < 1.29 is 28.6 Å². The maximum atomic E-state index is 13.1. The molecule has 34 heavy (non-hydrogen) atoms. The van der Waals surface area contributed by atoms with E-state index in [9.17, 15) is 14.4 Å². The number of rotatable bonds is 7. The molecule has 1 aliphatic rings. The molecule has 0 fully saturated rings. The zero-order chi connectivity index (χ0) is 24.1. The van der Waals surface area contributed by atoms with E-state index in [2.05, 4.69) is 15.6 Å². The van der Waals surface area contributed by atoms with E-state index in [0.29, 0.717) is 27.9 Å². The molecule has 0 aliphatic carbocycles. The van der Waals surface area contributed by atoms with Crippen molar-refractivity contribution in [2.24, 2.45) is 0 Å². The summed E-state index contributed by atoms with van der Waals surface area (Å²) >= 11 is 0. The lowest BCUT2D eigenvalue weighted by atomic mass is 10.0. The predicted octanol–water partition coefficient (Wildman–Crippen LogP) is 3.20. The van der Waals surface area contributed by atoms with E-state index >= 15 is 0 Å². The van der Waals surface area contributed by atoms with Crippen LogP contribution < -0.4 is 15.4 Å². The van der Waals surface area contributed by atoms with E-state index in [-0.39, 0.29) is 31.0 Å². The molecule has 1 aromatic heterocycles. The third-order valence-corrected chi connectivity index (χ3v) is 5.25. The molecule has 0 spiro atoms. The number of carbonyl (C=O) groups excluding carboxylic acids is 3. The molecule has 1 aliphatic heterocycles. The molecule has 2 aromatic carbocycles. The monoisotopic (exact) mass is 461 g/mol. The summed E-state index contributed by atoms with van der Waals surface area (Å²) in [7, 11) is 1.59. The van der Waals surface area contributed by atoms with Crippen LogP contribution in [0, 0.1) is 0 Å². The number of pyridine rings is 1. The van der Waals surface area contributed by atoms with E-state index in [1.807, 2.05) is 42.5 Å². The summed E-state index contributed by atoms with van der Waals surface area (Å²) in [5, 5.41) is 5.66. The first-order valence-corrected chi connectivity index (χ1v) is 10.7.